The number of alkyl halides is 1. The van der Waals surface area contributed by atoms with E-state index in [1.54, 1.807) is 0 Å². The Morgan fingerprint density at radius 2 is 2.06 bits per heavy atom. The molecule has 1 nitrogen and oxygen atoms in total. The number of hydrogen-bond acceptors (Lipinski definition) is 1. The molecule has 0 atom stereocenters. The summed E-state index contributed by atoms with van der Waals surface area (Å²) in [7, 11) is 0. The van der Waals surface area contributed by atoms with Crippen LogP contribution in [-0.2, 0) is 18.2 Å². The van der Waals surface area contributed by atoms with E-state index in [0.29, 0.717) is 0 Å². The third kappa shape index (κ3) is 1.70. The molecule has 0 saturated carbocycles. The van der Waals surface area contributed by atoms with Crippen molar-refractivity contribution >= 4 is 26.8 Å². The Morgan fingerprint density at radius 3 is 2.82 bits per heavy atom. The molecule has 1 aliphatic carbocycles. The van der Waals surface area contributed by atoms with Crippen LogP contribution >= 0.6 is 15.9 Å². The smallest absolute Gasteiger partial charge is 0.0713 e. The molecule has 0 unspecified atom stereocenters. The number of fused-ring (bicyclic) bond motifs is 2. The van der Waals surface area contributed by atoms with Crippen molar-refractivity contribution in [1.29, 1.82) is 0 Å². The van der Waals surface area contributed by atoms with E-state index in [9.17, 15) is 0 Å². The fourth-order valence-electron chi connectivity index (χ4n) is 3.05. The van der Waals surface area contributed by atoms with Gasteiger partial charge in [0.05, 0.1) is 5.52 Å². The number of aromatic nitrogens is 1. The van der Waals surface area contributed by atoms with Crippen LogP contribution in [0, 0.1) is 13.8 Å². The second kappa shape index (κ2) is 4.09. The summed E-state index contributed by atoms with van der Waals surface area (Å²) in [6.45, 7) is 4.35. The fraction of sp³-hybridized carbons (Fsp3) is 0.400. The Labute approximate surface area is 110 Å². The van der Waals surface area contributed by atoms with E-state index >= 15 is 0 Å². The first-order chi connectivity index (χ1) is 8.20. The van der Waals surface area contributed by atoms with Gasteiger partial charge < -0.3 is 0 Å². The van der Waals surface area contributed by atoms with Gasteiger partial charge in [-0.25, -0.2) is 0 Å². The zero-order valence-corrected chi connectivity index (χ0v) is 11.9. The van der Waals surface area contributed by atoms with Gasteiger partial charge >= 0.3 is 0 Å². The minimum atomic E-state index is 0.943. The Morgan fingerprint density at radius 1 is 1.24 bits per heavy atom. The predicted molar refractivity (Wildman–Crippen MR) is 75.9 cm³/mol. The number of nitrogens with zero attached hydrogens (tertiary/aromatic N) is 1. The van der Waals surface area contributed by atoms with Crippen LogP contribution in [0.5, 0.6) is 0 Å². The summed E-state index contributed by atoms with van der Waals surface area (Å²) in [6, 6.07) is 4.48. The van der Waals surface area contributed by atoms with Crippen LogP contribution in [0.25, 0.3) is 10.9 Å². The molecule has 1 heterocycles. The molecule has 0 saturated heterocycles. The molecular weight excluding hydrogens is 274 g/mol. The van der Waals surface area contributed by atoms with Crippen molar-refractivity contribution < 1.29 is 0 Å². The Balaban J connectivity index is 2.45. The summed E-state index contributed by atoms with van der Waals surface area (Å²) in [4.78, 5) is 4.87. The SMILES string of the molecule is Cc1cc(C)c2c(CBr)c3c(nc2c1)CCC3. The molecule has 0 N–H and O–H groups in total. The van der Waals surface area contributed by atoms with Crippen LogP contribution in [0.2, 0.25) is 0 Å². The normalized spacial score (nSPS) is 14.3. The van der Waals surface area contributed by atoms with Crippen molar-refractivity contribution in [3.8, 4) is 0 Å². The topological polar surface area (TPSA) is 12.9 Å². The summed E-state index contributed by atoms with van der Waals surface area (Å²) in [5, 5.41) is 2.31. The molecule has 0 radical (unpaired) electrons. The van der Waals surface area contributed by atoms with Gasteiger partial charge in [-0.1, -0.05) is 22.0 Å². The average Bonchev–Trinajstić information content (AvgIpc) is 2.73. The second-order valence-corrected chi connectivity index (χ2v) is 5.54. The molecule has 2 aromatic rings. The van der Waals surface area contributed by atoms with Gasteiger partial charge in [0, 0.05) is 16.4 Å². The molecule has 0 spiro atoms. The van der Waals surface area contributed by atoms with E-state index in [-0.39, 0.29) is 0 Å². The van der Waals surface area contributed by atoms with Gasteiger partial charge in [0.15, 0.2) is 0 Å². The van der Waals surface area contributed by atoms with E-state index in [1.807, 2.05) is 0 Å². The van der Waals surface area contributed by atoms with Gasteiger partial charge in [0.1, 0.15) is 0 Å². The average molecular weight is 290 g/mol. The van der Waals surface area contributed by atoms with Gasteiger partial charge in [0.25, 0.3) is 0 Å². The summed E-state index contributed by atoms with van der Waals surface area (Å²) in [5.41, 5.74) is 8.15. The summed E-state index contributed by atoms with van der Waals surface area (Å²) in [5.74, 6) is 0. The minimum absolute atomic E-state index is 0.943. The van der Waals surface area contributed by atoms with E-state index in [2.05, 4.69) is 41.9 Å². The van der Waals surface area contributed by atoms with Gasteiger partial charge in [-0.05, 0) is 61.4 Å². The molecular formula is C15H16BrN. The molecule has 3 rings (SSSR count). The molecule has 0 amide bonds. The number of rotatable bonds is 1. The number of hydrogen-bond donors (Lipinski definition) is 0. The minimum Gasteiger partial charge on any atom is -0.253 e. The highest BCUT2D eigenvalue weighted by Gasteiger charge is 2.19. The van der Waals surface area contributed by atoms with E-state index in [0.717, 1.165) is 11.8 Å². The van der Waals surface area contributed by atoms with Gasteiger partial charge in [-0.15, -0.1) is 0 Å². The predicted octanol–water partition coefficient (Wildman–Crippen LogP) is 4.24. The molecule has 0 fully saturated rings. The van der Waals surface area contributed by atoms with Gasteiger partial charge in [0.2, 0.25) is 0 Å². The zero-order valence-electron chi connectivity index (χ0n) is 10.3. The third-order valence-electron chi connectivity index (χ3n) is 3.70. The lowest BCUT2D eigenvalue weighted by atomic mass is 9.98. The molecule has 1 aromatic heterocycles. The van der Waals surface area contributed by atoms with Crippen LogP contribution in [0.4, 0.5) is 0 Å². The first-order valence-corrected chi connectivity index (χ1v) is 7.30. The van der Waals surface area contributed by atoms with Crippen molar-refractivity contribution in [2.45, 2.75) is 38.4 Å². The Bertz CT molecular complexity index is 602. The quantitative estimate of drug-likeness (QED) is 0.716. The standard InChI is InChI=1S/C15H16BrN/c1-9-6-10(2)15-12(8-16)11-4-3-5-13(11)17-14(15)7-9/h6-7H,3-5,8H2,1-2H3. The number of halogens is 1. The summed E-state index contributed by atoms with van der Waals surface area (Å²) >= 11 is 3.66. The molecule has 17 heavy (non-hydrogen) atoms. The summed E-state index contributed by atoms with van der Waals surface area (Å²) < 4.78 is 0. The zero-order chi connectivity index (χ0) is 12.0. The van der Waals surface area contributed by atoms with E-state index in [4.69, 9.17) is 4.98 Å². The number of aryl methyl sites for hydroxylation is 3. The fourth-order valence-corrected chi connectivity index (χ4v) is 3.66. The lowest BCUT2D eigenvalue weighted by Gasteiger charge is -2.13. The highest BCUT2D eigenvalue weighted by atomic mass is 79.9. The van der Waals surface area contributed by atoms with E-state index < -0.39 is 0 Å². The van der Waals surface area contributed by atoms with E-state index in [1.165, 1.54) is 51.7 Å². The molecule has 88 valence electrons. The molecule has 1 aliphatic rings. The summed E-state index contributed by atoms with van der Waals surface area (Å²) in [6.07, 6.45) is 3.61. The number of pyridine rings is 1. The lowest BCUT2D eigenvalue weighted by Crippen LogP contribution is -1.99. The first-order valence-electron chi connectivity index (χ1n) is 6.18. The van der Waals surface area contributed by atoms with Crippen molar-refractivity contribution in [2.24, 2.45) is 0 Å². The molecule has 0 bridgehead atoms. The van der Waals surface area contributed by atoms with Crippen molar-refractivity contribution in [3.63, 3.8) is 0 Å². The monoisotopic (exact) mass is 289 g/mol. The Kier molecular flexibility index (Phi) is 2.70. The molecule has 1 aromatic carbocycles. The Hall–Kier alpha value is -0.890. The van der Waals surface area contributed by atoms with Crippen LogP contribution in [-0.4, -0.2) is 4.98 Å². The highest BCUT2D eigenvalue weighted by molar-refractivity contribution is 9.08. The van der Waals surface area contributed by atoms with Crippen molar-refractivity contribution in [2.75, 3.05) is 0 Å². The lowest BCUT2D eigenvalue weighted by molar-refractivity contribution is 0.900. The molecule has 2 heteroatoms. The number of benzene rings is 1. The largest absolute Gasteiger partial charge is 0.253 e. The third-order valence-corrected chi connectivity index (χ3v) is 4.26. The van der Waals surface area contributed by atoms with Crippen LogP contribution < -0.4 is 0 Å². The molecule has 0 aliphatic heterocycles. The maximum Gasteiger partial charge on any atom is 0.0713 e. The highest BCUT2D eigenvalue weighted by Crippen LogP contribution is 2.33. The van der Waals surface area contributed by atoms with Crippen LogP contribution in [0.15, 0.2) is 12.1 Å². The maximum absolute atomic E-state index is 4.87. The van der Waals surface area contributed by atoms with Crippen LogP contribution in [0.3, 0.4) is 0 Å². The van der Waals surface area contributed by atoms with Crippen molar-refractivity contribution in [3.05, 3.63) is 40.1 Å². The first kappa shape index (κ1) is 11.2. The van der Waals surface area contributed by atoms with Crippen molar-refractivity contribution in [1.82, 2.24) is 4.98 Å². The second-order valence-electron chi connectivity index (χ2n) is 4.98. The van der Waals surface area contributed by atoms with Gasteiger partial charge in [-0.2, -0.15) is 0 Å². The van der Waals surface area contributed by atoms with Crippen LogP contribution in [0.1, 0.15) is 34.4 Å². The maximum atomic E-state index is 4.87. The van der Waals surface area contributed by atoms with Gasteiger partial charge in [-0.3, -0.25) is 4.98 Å².